The van der Waals surface area contributed by atoms with Gasteiger partial charge in [0.15, 0.2) is 0 Å². The molecule has 1 rings (SSSR count). The average Bonchev–Trinajstić information content (AvgIpc) is 2.28. The van der Waals surface area contributed by atoms with Crippen LogP contribution in [0.1, 0.15) is 28.8 Å². The van der Waals surface area contributed by atoms with Crippen LogP contribution in [-0.2, 0) is 4.79 Å². The molecule has 0 unspecified atom stereocenters. The van der Waals surface area contributed by atoms with E-state index in [-0.39, 0.29) is 12.3 Å². The molecule has 4 heteroatoms. The summed E-state index contributed by atoms with van der Waals surface area (Å²) in [4.78, 5) is 23.8. The molecule has 0 saturated carbocycles. The minimum atomic E-state index is -0.832. The number of aryl methyl sites for hydroxylation is 1. The first-order chi connectivity index (χ1) is 8.00. The molecular weight excluding hydrogens is 218 g/mol. The molecule has 0 bridgehead atoms. The van der Waals surface area contributed by atoms with E-state index in [1.807, 2.05) is 19.1 Å². The van der Waals surface area contributed by atoms with E-state index >= 15 is 0 Å². The first-order valence-corrected chi connectivity index (χ1v) is 5.54. The Kier molecular flexibility index (Phi) is 4.69. The molecule has 0 radical (unpaired) electrons. The minimum Gasteiger partial charge on any atom is -0.481 e. The van der Waals surface area contributed by atoms with Crippen molar-refractivity contribution < 1.29 is 14.7 Å². The Balaban J connectivity index is 2.51. The Bertz CT molecular complexity index is 398. The van der Waals surface area contributed by atoms with Crippen LogP contribution in [0.15, 0.2) is 24.3 Å². The Morgan fingerprint density at radius 2 is 1.82 bits per heavy atom. The van der Waals surface area contributed by atoms with E-state index in [9.17, 15) is 9.59 Å². The summed E-state index contributed by atoms with van der Waals surface area (Å²) >= 11 is 0. The summed E-state index contributed by atoms with van der Waals surface area (Å²) in [5, 5.41) is 8.51. The zero-order valence-corrected chi connectivity index (χ0v) is 10.1. The number of carboxylic acids is 1. The number of carbonyl (C=O) groups is 2. The highest BCUT2D eigenvalue weighted by Crippen LogP contribution is 2.06. The molecule has 0 atom stereocenters. The third kappa shape index (κ3) is 4.26. The average molecular weight is 235 g/mol. The highest BCUT2D eigenvalue weighted by atomic mass is 16.4. The van der Waals surface area contributed by atoms with Crippen molar-refractivity contribution in [3.8, 4) is 0 Å². The number of benzene rings is 1. The van der Waals surface area contributed by atoms with Gasteiger partial charge in [-0.1, -0.05) is 17.7 Å². The largest absolute Gasteiger partial charge is 0.481 e. The van der Waals surface area contributed by atoms with Crippen LogP contribution in [0.4, 0.5) is 0 Å². The van der Waals surface area contributed by atoms with Crippen molar-refractivity contribution in [3.63, 3.8) is 0 Å². The Labute approximate surface area is 101 Å². The first-order valence-electron chi connectivity index (χ1n) is 5.54. The van der Waals surface area contributed by atoms with Gasteiger partial charge in [0.25, 0.3) is 5.91 Å². The smallest absolute Gasteiger partial charge is 0.303 e. The van der Waals surface area contributed by atoms with Gasteiger partial charge in [-0.25, -0.2) is 0 Å². The van der Waals surface area contributed by atoms with Crippen LogP contribution in [-0.4, -0.2) is 35.5 Å². The van der Waals surface area contributed by atoms with E-state index in [0.717, 1.165) is 5.56 Å². The SMILES string of the molecule is Cc1ccc(C(=O)N(C)CCCC(=O)O)cc1. The fourth-order valence-corrected chi connectivity index (χ4v) is 1.49. The van der Waals surface area contributed by atoms with Crippen molar-refractivity contribution in [1.29, 1.82) is 0 Å². The van der Waals surface area contributed by atoms with Gasteiger partial charge in [-0.3, -0.25) is 9.59 Å². The first kappa shape index (κ1) is 13.2. The van der Waals surface area contributed by atoms with Gasteiger partial charge in [0.05, 0.1) is 0 Å². The van der Waals surface area contributed by atoms with Gasteiger partial charge < -0.3 is 10.0 Å². The lowest BCUT2D eigenvalue weighted by atomic mass is 10.1. The van der Waals surface area contributed by atoms with Crippen LogP contribution >= 0.6 is 0 Å². The molecular formula is C13H17NO3. The number of hydrogen-bond donors (Lipinski definition) is 1. The Hall–Kier alpha value is -1.84. The van der Waals surface area contributed by atoms with Gasteiger partial charge in [0.2, 0.25) is 0 Å². The molecule has 92 valence electrons. The Morgan fingerprint density at radius 3 is 2.35 bits per heavy atom. The number of carboxylic acid groups (broad SMARTS) is 1. The molecule has 0 saturated heterocycles. The van der Waals surface area contributed by atoms with Crippen LogP contribution in [0.2, 0.25) is 0 Å². The van der Waals surface area contributed by atoms with E-state index in [1.165, 1.54) is 0 Å². The standard InChI is InChI=1S/C13H17NO3/c1-10-5-7-11(8-6-10)13(17)14(2)9-3-4-12(15)16/h5-8H,3-4,9H2,1-2H3,(H,15,16). The van der Waals surface area contributed by atoms with Crippen molar-refractivity contribution >= 4 is 11.9 Å². The van der Waals surface area contributed by atoms with Crippen molar-refractivity contribution in [2.75, 3.05) is 13.6 Å². The van der Waals surface area contributed by atoms with Gasteiger partial charge in [-0.15, -0.1) is 0 Å². The number of aliphatic carboxylic acids is 1. The molecule has 0 fully saturated rings. The molecule has 0 spiro atoms. The van der Waals surface area contributed by atoms with E-state index in [1.54, 1.807) is 24.1 Å². The summed E-state index contributed by atoms with van der Waals surface area (Å²) in [7, 11) is 1.68. The van der Waals surface area contributed by atoms with Crippen LogP contribution in [0.25, 0.3) is 0 Å². The van der Waals surface area contributed by atoms with E-state index in [2.05, 4.69) is 0 Å². The second-order valence-electron chi connectivity index (χ2n) is 4.09. The quantitative estimate of drug-likeness (QED) is 0.848. The van der Waals surface area contributed by atoms with Crippen LogP contribution in [0.5, 0.6) is 0 Å². The summed E-state index contributed by atoms with van der Waals surface area (Å²) in [6.45, 7) is 2.42. The lowest BCUT2D eigenvalue weighted by molar-refractivity contribution is -0.137. The molecule has 1 aromatic rings. The number of carbonyl (C=O) groups excluding carboxylic acids is 1. The molecule has 0 aliphatic carbocycles. The third-order valence-corrected chi connectivity index (χ3v) is 2.53. The van der Waals surface area contributed by atoms with Crippen molar-refractivity contribution in [2.24, 2.45) is 0 Å². The number of nitrogens with zero attached hydrogens (tertiary/aromatic N) is 1. The van der Waals surface area contributed by atoms with Gasteiger partial charge in [-0.05, 0) is 25.5 Å². The summed E-state index contributed by atoms with van der Waals surface area (Å²) < 4.78 is 0. The second kappa shape index (κ2) is 6.03. The van der Waals surface area contributed by atoms with Crippen molar-refractivity contribution in [1.82, 2.24) is 4.90 Å². The van der Waals surface area contributed by atoms with E-state index in [0.29, 0.717) is 18.5 Å². The lowest BCUT2D eigenvalue weighted by Crippen LogP contribution is -2.28. The predicted molar refractivity (Wildman–Crippen MR) is 65.0 cm³/mol. The number of hydrogen-bond acceptors (Lipinski definition) is 2. The van der Waals surface area contributed by atoms with Gasteiger partial charge >= 0.3 is 5.97 Å². The number of rotatable bonds is 5. The van der Waals surface area contributed by atoms with Crippen molar-refractivity contribution in [2.45, 2.75) is 19.8 Å². The summed E-state index contributed by atoms with van der Waals surface area (Å²) in [5.41, 5.74) is 1.74. The minimum absolute atomic E-state index is 0.0737. The van der Waals surface area contributed by atoms with Gasteiger partial charge in [0.1, 0.15) is 0 Å². The normalized spacial score (nSPS) is 10.0. The molecule has 1 N–H and O–H groups in total. The van der Waals surface area contributed by atoms with Crippen LogP contribution in [0, 0.1) is 6.92 Å². The molecule has 0 aromatic heterocycles. The fourth-order valence-electron chi connectivity index (χ4n) is 1.49. The molecule has 0 aliphatic heterocycles. The Morgan fingerprint density at radius 1 is 1.24 bits per heavy atom. The second-order valence-corrected chi connectivity index (χ2v) is 4.09. The predicted octanol–water partition coefficient (Wildman–Crippen LogP) is 1.93. The molecule has 0 heterocycles. The monoisotopic (exact) mass is 235 g/mol. The highest BCUT2D eigenvalue weighted by molar-refractivity contribution is 5.94. The van der Waals surface area contributed by atoms with Gasteiger partial charge in [-0.2, -0.15) is 0 Å². The fraction of sp³-hybridized carbons (Fsp3) is 0.385. The molecule has 1 amide bonds. The van der Waals surface area contributed by atoms with E-state index < -0.39 is 5.97 Å². The lowest BCUT2D eigenvalue weighted by Gasteiger charge is -2.16. The van der Waals surface area contributed by atoms with Crippen LogP contribution in [0.3, 0.4) is 0 Å². The summed E-state index contributed by atoms with van der Waals surface area (Å²) in [6.07, 6.45) is 0.564. The summed E-state index contributed by atoms with van der Waals surface area (Å²) in [5.74, 6) is -0.906. The van der Waals surface area contributed by atoms with Gasteiger partial charge in [0, 0.05) is 25.6 Å². The molecule has 4 nitrogen and oxygen atoms in total. The molecule has 17 heavy (non-hydrogen) atoms. The number of amides is 1. The zero-order valence-electron chi connectivity index (χ0n) is 10.1. The maximum absolute atomic E-state index is 11.9. The maximum Gasteiger partial charge on any atom is 0.303 e. The van der Waals surface area contributed by atoms with Crippen LogP contribution < -0.4 is 0 Å². The maximum atomic E-state index is 11.9. The topological polar surface area (TPSA) is 57.6 Å². The summed E-state index contributed by atoms with van der Waals surface area (Å²) in [6, 6.07) is 7.34. The molecule has 0 aliphatic rings. The van der Waals surface area contributed by atoms with E-state index in [4.69, 9.17) is 5.11 Å². The third-order valence-electron chi connectivity index (χ3n) is 2.53. The van der Waals surface area contributed by atoms with Crippen molar-refractivity contribution in [3.05, 3.63) is 35.4 Å². The zero-order chi connectivity index (χ0) is 12.8. The molecule has 1 aromatic carbocycles. The highest BCUT2D eigenvalue weighted by Gasteiger charge is 2.11.